The van der Waals surface area contributed by atoms with Crippen LogP contribution >= 0.6 is 15.9 Å². The van der Waals surface area contributed by atoms with Crippen molar-refractivity contribution in [1.29, 1.82) is 0 Å². The van der Waals surface area contributed by atoms with Gasteiger partial charge in [0.05, 0.1) is 4.47 Å². The maximum Gasteiger partial charge on any atom is 0.224 e. The third-order valence-electron chi connectivity index (χ3n) is 2.94. The molecule has 118 valence electrons. The number of hydrogen-bond acceptors (Lipinski definition) is 5. The average Bonchev–Trinajstić information content (AvgIpc) is 2.47. The van der Waals surface area contributed by atoms with Crippen LogP contribution < -0.4 is 16.0 Å². The Hall–Kier alpha value is -1.37. The number of aromatic nitrogens is 2. The number of amides is 1. The first-order valence-electron chi connectivity index (χ1n) is 7.36. The van der Waals surface area contributed by atoms with E-state index in [1.807, 2.05) is 13.8 Å². The molecule has 21 heavy (non-hydrogen) atoms. The van der Waals surface area contributed by atoms with Crippen molar-refractivity contribution in [1.82, 2.24) is 15.3 Å². The van der Waals surface area contributed by atoms with Crippen molar-refractivity contribution in [2.75, 3.05) is 23.7 Å². The number of hydrogen-bond donors (Lipinski definition) is 3. The standard InChI is InChI=1S/C14H24BrN5O/c1-4-7-17-14-18-9-11(15)13(20-14)16-8-6-12(21)19-10(3)5-2/h9-10H,4-8H2,1-3H3,(H,19,21)(H2,16,17,18,20). The van der Waals surface area contributed by atoms with Crippen LogP contribution in [0.2, 0.25) is 0 Å². The molecule has 3 N–H and O–H groups in total. The van der Waals surface area contributed by atoms with E-state index in [2.05, 4.69) is 48.8 Å². The molecular formula is C14H24BrN5O. The van der Waals surface area contributed by atoms with Crippen LogP contribution in [0.1, 0.15) is 40.0 Å². The topological polar surface area (TPSA) is 78.9 Å². The fraction of sp³-hybridized carbons (Fsp3) is 0.643. The van der Waals surface area contributed by atoms with Crippen molar-refractivity contribution >= 4 is 33.6 Å². The predicted molar refractivity (Wildman–Crippen MR) is 89.5 cm³/mol. The summed E-state index contributed by atoms with van der Waals surface area (Å²) in [6.07, 6.45) is 4.06. The van der Waals surface area contributed by atoms with E-state index < -0.39 is 0 Å². The molecule has 0 bridgehead atoms. The van der Waals surface area contributed by atoms with E-state index in [0.29, 0.717) is 24.7 Å². The van der Waals surface area contributed by atoms with Crippen LogP contribution in [0.5, 0.6) is 0 Å². The van der Waals surface area contributed by atoms with E-state index in [0.717, 1.165) is 23.9 Å². The lowest BCUT2D eigenvalue weighted by atomic mass is 10.2. The number of nitrogens with one attached hydrogen (secondary N) is 3. The van der Waals surface area contributed by atoms with Gasteiger partial charge in [-0.2, -0.15) is 4.98 Å². The normalized spacial score (nSPS) is 11.8. The van der Waals surface area contributed by atoms with Gasteiger partial charge in [0, 0.05) is 31.7 Å². The molecule has 1 heterocycles. The minimum Gasteiger partial charge on any atom is -0.368 e. The Kier molecular flexibility index (Phi) is 8.04. The molecular weight excluding hydrogens is 334 g/mol. The van der Waals surface area contributed by atoms with E-state index in [9.17, 15) is 4.79 Å². The summed E-state index contributed by atoms with van der Waals surface area (Å²) < 4.78 is 0.784. The second-order valence-corrected chi connectivity index (χ2v) is 5.72. The zero-order valence-corrected chi connectivity index (χ0v) is 14.5. The third-order valence-corrected chi connectivity index (χ3v) is 3.52. The van der Waals surface area contributed by atoms with Crippen LogP contribution in [0.15, 0.2) is 10.7 Å². The SMILES string of the molecule is CCCNc1ncc(Br)c(NCCC(=O)NC(C)CC)n1. The van der Waals surface area contributed by atoms with Crippen molar-refractivity contribution in [2.45, 2.75) is 46.1 Å². The van der Waals surface area contributed by atoms with E-state index in [-0.39, 0.29) is 11.9 Å². The van der Waals surface area contributed by atoms with Crippen molar-refractivity contribution in [3.8, 4) is 0 Å². The van der Waals surface area contributed by atoms with E-state index in [4.69, 9.17) is 0 Å². The highest BCUT2D eigenvalue weighted by Gasteiger charge is 2.07. The third kappa shape index (κ3) is 6.75. The minimum absolute atomic E-state index is 0.0476. The average molecular weight is 358 g/mol. The van der Waals surface area contributed by atoms with Crippen molar-refractivity contribution in [2.24, 2.45) is 0 Å². The van der Waals surface area contributed by atoms with Gasteiger partial charge in [-0.05, 0) is 35.7 Å². The zero-order valence-electron chi connectivity index (χ0n) is 12.9. The first kappa shape index (κ1) is 17.7. The van der Waals surface area contributed by atoms with Gasteiger partial charge in [0.25, 0.3) is 0 Å². The molecule has 0 spiro atoms. The Bertz CT molecular complexity index is 455. The van der Waals surface area contributed by atoms with Gasteiger partial charge < -0.3 is 16.0 Å². The first-order valence-corrected chi connectivity index (χ1v) is 8.15. The van der Waals surface area contributed by atoms with Crippen molar-refractivity contribution in [3.63, 3.8) is 0 Å². The summed E-state index contributed by atoms with van der Waals surface area (Å²) in [5.41, 5.74) is 0. The number of nitrogens with zero attached hydrogens (tertiary/aromatic N) is 2. The summed E-state index contributed by atoms with van der Waals surface area (Å²) in [6.45, 7) is 7.49. The quantitative estimate of drug-likeness (QED) is 0.633. The molecule has 7 heteroatoms. The fourth-order valence-corrected chi connectivity index (χ4v) is 1.89. The highest BCUT2D eigenvalue weighted by Crippen LogP contribution is 2.19. The van der Waals surface area contributed by atoms with Crippen LogP contribution in [0.3, 0.4) is 0 Å². The van der Waals surface area contributed by atoms with E-state index in [1.165, 1.54) is 0 Å². The summed E-state index contributed by atoms with van der Waals surface area (Å²) in [4.78, 5) is 20.2. The molecule has 1 unspecified atom stereocenters. The predicted octanol–water partition coefficient (Wildman–Crippen LogP) is 2.78. The van der Waals surface area contributed by atoms with Gasteiger partial charge in [0.2, 0.25) is 11.9 Å². The molecule has 1 atom stereocenters. The second-order valence-electron chi connectivity index (χ2n) is 4.87. The molecule has 0 saturated carbocycles. The second kappa shape index (κ2) is 9.55. The van der Waals surface area contributed by atoms with Gasteiger partial charge >= 0.3 is 0 Å². The molecule has 0 aliphatic heterocycles. The minimum atomic E-state index is 0.0476. The van der Waals surface area contributed by atoms with Gasteiger partial charge in [-0.3, -0.25) is 4.79 Å². The first-order chi connectivity index (χ1) is 10.1. The van der Waals surface area contributed by atoms with Crippen LogP contribution in [0, 0.1) is 0 Å². The molecule has 0 fully saturated rings. The fourth-order valence-electron chi connectivity index (χ4n) is 1.56. The summed E-state index contributed by atoms with van der Waals surface area (Å²) in [7, 11) is 0. The lowest BCUT2D eigenvalue weighted by molar-refractivity contribution is -0.121. The molecule has 0 aliphatic carbocycles. The molecule has 0 aliphatic rings. The lowest BCUT2D eigenvalue weighted by Crippen LogP contribution is -2.33. The lowest BCUT2D eigenvalue weighted by Gasteiger charge is -2.12. The maximum atomic E-state index is 11.7. The molecule has 0 aromatic carbocycles. The Labute approximate surface area is 134 Å². The highest BCUT2D eigenvalue weighted by atomic mass is 79.9. The van der Waals surface area contributed by atoms with Crippen LogP contribution in [-0.4, -0.2) is 35.0 Å². The van der Waals surface area contributed by atoms with Gasteiger partial charge in [0.15, 0.2) is 0 Å². The smallest absolute Gasteiger partial charge is 0.224 e. The van der Waals surface area contributed by atoms with Crippen molar-refractivity contribution in [3.05, 3.63) is 10.7 Å². The summed E-state index contributed by atoms with van der Waals surface area (Å²) >= 11 is 3.40. The molecule has 1 amide bonds. The largest absolute Gasteiger partial charge is 0.368 e. The maximum absolute atomic E-state index is 11.7. The monoisotopic (exact) mass is 357 g/mol. The van der Waals surface area contributed by atoms with E-state index in [1.54, 1.807) is 6.20 Å². The molecule has 0 saturated heterocycles. The zero-order chi connectivity index (χ0) is 15.7. The molecule has 1 rings (SSSR count). The summed E-state index contributed by atoms with van der Waals surface area (Å²) in [5, 5.41) is 9.22. The Morgan fingerprint density at radius 1 is 1.33 bits per heavy atom. The Morgan fingerprint density at radius 2 is 2.10 bits per heavy atom. The number of carbonyl (C=O) groups excluding carboxylic acids is 1. The van der Waals surface area contributed by atoms with Crippen LogP contribution in [0.25, 0.3) is 0 Å². The van der Waals surface area contributed by atoms with Gasteiger partial charge in [-0.1, -0.05) is 13.8 Å². The van der Waals surface area contributed by atoms with Crippen LogP contribution in [0.4, 0.5) is 11.8 Å². The molecule has 6 nitrogen and oxygen atoms in total. The Balaban J connectivity index is 2.45. The molecule has 1 aromatic rings. The number of anilines is 2. The summed E-state index contributed by atoms with van der Waals surface area (Å²) in [6, 6.07) is 0.216. The summed E-state index contributed by atoms with van der Waals surface area (Å²) in [5.74, 6) is 1.33. The number of halogens is 1. The Morgan fingerprint density at radius 3 is 2.76 bits per heavy atom. The van der Waals surface area contributed by atoms with E-state index >= 15 is 0 Å². The van der Waals surface area contributed by atoms with Gasteiger partial charge in [-0.25, -0.2) is 4.98 Å². The molecule has 1 aromatic heterocycles. The van der Waals surface area contributed by atoms with Crippen molar-refractivity contribution < 1.29 is 4.79 Å². The van der Waals surface area contributed by atoms with Crippen LogP contribution in [-0.2, 0) is 4.79 Å². The van der Waals surface area contributed by atoms with Gasteiger partial charge in [-0.15, -0.1) is 0 Å². The molecule has 0 radical (unpaired) electrons. The number of carbonyl (C=O) groups is 1. The number of rotatable bonds is 9. The van der Waals surface area contributed by atoms with Gasteiger partial charge in [0.1, 0.15) is 5.82 Å². The highest BCUT2D eigenvalue weighted by molar-refractivity contribution is 9.10.